The van der Waals surface area contributed by atoms with Crippen molar-refractivity contribution in [2.75, 3.05) is 7.11 Å². The monoisotopic (exact) mass is 301 g/mol. The maximum Gasteiger partial charge on any atom is 0.242 e. The third-order valence-corrected chi connectivity index (χ3v) is 3.23. The first-order chi connectivity index (χ1) is 10.2. The van der Waals surface area contributed by atoms with Crippen molar-refractivity contribution in [2.45, 2.75) is 0 Å². The number of ether oxygens (including phenoxy) is 1. The second-order valence-corrected chi connectivity index (χ2v) is 4.51. The van der Waals surface area contributed by atoms with E-state index in [1.165, 1.54) is 30.1 Å². The second-order valence-electron chi connectivity index (χ2n) is 4.13. The summed E-state index contributed by atoms with van der Waals surface area (Å²) in [6.07, 6.45) is 1.31. The minimum atomic E-state index is -0.566. The fraction of sp³-hybridized carbons (Fsp3) is 0.0769. The summed E-state index contributed by atoms with van der Waals surface area (Å²) in [6.45, 7) is 0. The summed E-state index contributed by atoms with van der Waals surface area (Å²) in [4.78, 5) is 11.0. The van der Waals surface area contributed by atoms with Crippen LogP contribution in [0.3, 0.4) is 0 Å². The number of H-pyrrole nitrogens is 1. The van der Waals surface area contributed by atoms with E-state index < -0.39 is 5.82 Å². The number of imidazole rings is 1. The van der Waals surface area contributed by atoms with E-state index in [-0.39, 0.29) is 16.0 Å². The van der Waals surface area contributed by atoms with Crippen LogP contribution in [-0.2, 0) is 0 Å². The molecule has 0 aliphatic rings. The van der Waals surface area contributed by atoms with Crippen molar-refractivity contribution < 1.29 is 9.13 Å². The van der Waals surface area contributed by atoms with Crippen LogP contribution in [0.1, 0.15) is 5.56 Å². The van der Waals surface area contributed by atoms with Crippen LogP contribution >= 0.6 is 12.2 Å². The Balaban J connectivity index is 2.34. The summed E-state index contributed by atoms with van der Waals surface area (Å²) in [7, 11) is 1.47. The molecular weight excluding hydrogens is 293 g/mol. The first kappa shape index (κ1) is 13.2. The summed E-state index contributed by atoms with van der Waals surface area (Å²) < 4.78 is 21.0. The van der Waals surface area contributed by atoms with E-state index in [4.69, 9.17) is 22.2 Å². The first-order valence-electron chi connectivity index (χ1n) is 5.85. The number of nitrogens with zero attached hydrogens (tertiary/aromatic N) is 4. The van der Waals surface area contributed by atoms with Gasteiger partial charge in [-0.3, -0.25) is 4.57 Å². The molecule has 104 valence electrons. The van der Waals surface area contributed by atoms with E-state index in [1.807, 2.05) is 6.07 Å². The van der Waals surface area contributed by atoms with Crippen molar-refractivity contribution in [1.82, 2.24) is 19.5 Å². The van der Waals surface area contributed by atoms with Crippen molar-refractivity contribution in [3.8, 4) is 17.6 Å². The van der Waals surface area contributed by atoms with Crippen molar-refractivity contribution >= 4 is 23.4 Å². The first-order valence-corrected chi connectivity index (χ1v) is 6.26. The van der Waals surface area contributed by atoms with Crippen molar-refractivity contribution in [3.05, 3.63) is 40.7 Å². The van der Waals surface area contributed by atoms with E-state index >= 15 is 0 Å². The normalized spacial score (nSPS) is 10.5. The predicted octanol–water partition coefficient (Wildman–Crippen LogP) is 2.50. The minimum absolute atomic E-state index is 0.200. The number of hydrogen-bond acceptors (Lipinski definition) is 5. The van der Waals surface area contributed by atoms with Gasteiger partial charge in [-0.2, -0.15) is 10.2 Å². The van der Waals surface area contributed by atoms with Crippen LogP contribution < -0.4 is 4.74 Å². The molecule has 6 nitrogen and oxygen atoms in total. The number of aromatic amines is 1. The average Bonchev–Trinajstić information content (AvgIpc) is 2.83. The minimum Gasteiger partial charge on any atom is -0.479 e. The Bertz CT molecular complexity index is 940. The predicted molar refractivity (Wildman–Crippen MR) is 75.3 cm³/mol. The molecule has 0 radical (unpaired) electrons. The number of benzene rings is 1. The number of halogens is 1. The third kappa shape index (κ3) is 2.04. The number of nitrogens with one attached hydrogen (secondary N) is 1. The van der Waals surface area contributed by atoms with Gasteiger partial charge in [-0.25, -0.2) is 9.37 Å². The van der Waals surface area contributed by atoms with Crippen LogP contribution in [0.15, 0.2) is 24.5 Å². The zero-order valence-electron chi connectivity index (χ0n) is 10.8. The van der Waals surface area contributed by atoms with Gasteiger partial charge in [0.2, 0.25) is 5.88 Å². The van der Waals surface area contributed by atoms with Gasteiger partial charge in [-0.05, 0) is 30.4 Å². The highest BCUT2D eigenvalue weighted by atomic mass is 32.1. The number of nitriles is 1. The Labute approximate surface area is 123 Å². The van der Waals surface area contributed by atoms with Gasteiger partial charge in [0, 0.05) is 0 Å². The summed E-state index contributed by atoms with van der Waals surface area (Å²) in [5.41, 5.74) is 1.31. The lowest BCUT2D eigenvalue weighted by Gasteiger charge is -2.06. The number of rotatable bonds is 2. The van der Waals surface area contributed by atoms with E-state index in [0.29, 0.717) is 17.0 Å². The molecule has 0 saturated carbocycles. The SMILES string of the molecule is COc1ncnc2c1[nH]c(=S)n2-c1ccc(C#N)cc1F. The van der Waals surface area contributed by atoms with Gasteiger partial charge in [-0.1, -0.05) is 0 Å². The largest absolute Gasteiger partial charge is 0.479 e. The summed E-state index contributed by atoms with van der Waals surface area (Å²) >= 11 is 5.22. The van der Waals surface area contributed by atoms with Gasteiger partial charge in [0.15, 0.2) is 10.4 Å². The number of methoxy groups -OCH3 is 1. The van der Waals surface area contributed by atoms with Crippen LogP contribution in [0.5, 0.6) is 5.88 Å². The van der Waals surface area contributed by atoms with E-state index in [1.54, 1.807) is 0 Å². The Kier molecular flexibility index (Phi) is 3.12. The molecule has 3 rings (SSSR count). The van der Waals surface area contributed by atoms with Crippen molar-refractivity contribution in [2.24, 2.45) is 0 Å². The molecule has 21 heavy (non-hydrogen) atoms. The molecule has 3 aromatic rings. The van der Waals surface area contributed by atoms with Crippen LogP contribution in [0.2, 0.25) is 0 Å². The molecule has 0 atom stereocenters. The molecule has 2 aromatic heterocycles. The maximum absolute atomic E-state index is 14.2. The highest BCUT2D eigenvalue weighted by molar-refractivity contribution is 7.71. The van der Waals surface area contributed by atoms with Crippen LogP contribution in [-0.4, -0.2) is 26.6 Å². The average molecular weight is 301 g/mol. The molecule has 0 fully saturated rings. The molecule has 8 heteroatoms. The van der Waals surface area contributed by atoms with E-state index in [0.717, 1.165) is 6.07 Å². The number of hydrogen-bond donors (Lipinski definition) is 1. The van der Waals surface area contributed by atoms with Gasteiger partial charge in [0.05, 0.1) is 24.4 Å². The molecule has 0 aliphatic carbocycles. The lowest BCUT2D eigenvalue weighted by molar-refractivity contribution is 0.401. The van der Waals surface area contributed by atoms with Crippen LogP contribution in [0.4, 0.5) is 4.39 Å². The molecule has 2 heterocycles. The fourth-order valence-electron chi connectivity index (χ4n) is 2.03. The quantitative estimate of drug-likeness (QED) is 0.736. The smallest absolute Gasteiger partial charge is 0.242 e. The van der Waals surface area contributed by atoms with E-state index in [9.17, 15) is 4.39 Å². The zero-order chi connectivity index (χ0) is 15.0. The standard InChI is InChI=1S/C13H8FN5OS/c1-20-12-10-11(16-6-17-12)19(13(21)18-10)9-3-2-7(5-15)4-8(9)14/h2-4,6H,1H3,(H,18,21). The molecule has 0 bridgehead atoms. The van der Waals surface area contributed by atoms with Gasteiger partial charge >= 0.3 is 0 Å². The summed E-state index contributed by atoms with van der Waals surface area (Å²) in [5.74, 6) is -0.248. The zero-order valence-corrected chi connectivity index (χ0v) is 11.6. The Morgan fingerprint density at radius 2 is 2.24 bits per heavy atom. The lowest BCUT2D eigenvalue weighted by Crippen LogP contribution is -2.00. The van der Waals surface area contributed by atoms with Crippen LogP contribution in [0, 0.1) is 21.9 Å². The maximum atomic E-state index is 14.2. The summed E-state index contributed by atoms with van der Waals surface area (Å²) in [6, 6.07) is 6.02. The molecule has 0 spiro atoms. The molecule has 1 aromatic carbocycles. The Morgan fingerprint density at radius 1 is 1.43 bits per heavy atom. The molecular formula is C13H8FN5OS. The molecule has 0 unspecified atom stereocenters. The molecule has 1 N–H and O–H groups in total. The third-order valence-electron chi connectivity index (χ3n) is 2.95. The Hall–Kier alpha value is -2.79. The topological polar surface area (TPSA) is 79.5 Å². The lowest BCUT2D eigenvalue weighted by atomic mass is 10.2. The number of fused-ring (bicyclic) bond motifs is 1. The fourth-order valence-corrected chi connectivity index (χ4v) is 2.32. The second kappa shape index (κ2) is 4.96. The van der Waals surface area contributed by atoms with Gasteiger partial charge < -0.3 is 9.72 Å². The van der Waals surface area contributed by atoms with Crippen LogP contribution in [0.25, 0.3) is 16.9 Å². The van der Waals surface area contributed by atoms with Crippen molar-refractivity contribution in [3.63, 3.8) is 0 Å². The van der Waals surface area contributed by atoms with Gasteiger partial charge in [0.25, 0.3) is 0 Å². The molecule has 0 aliphatic heterocycles. The van der Waals surface area contributed by atoms with Gasteiger partial charge in [-0.15, -0.1) is 0 Å². The molecule has 0 amide bonds. The summed E-state index contributed by atoms with van der Waals surface area (Å²) in [5, 5.41) is 8.79. The highest BCUT2D eigenvalue weighted by Gasteiger charge is 2.15. The number of aromatic nitrogens is 4. The Morgan fingerprint density at radius 3 is 2.90 bits per heavy atom. The van der Waals surface area contributed by atoms with E-state index in [2.05, 4.69) is 15.0 Å². The molecule has 0 saturated heterocycles. The van der Waals surface area contributed by atoms with Gasteiger partial charge in [0.1, 0.15) is 17.7 Å². The van der Waals surface area contributed by atoms with Crippen molar-refractivity contribution in [1.29, 1.82) is 5.26 Å². The highest BCUT2D eigenvalue weighted by Crippen LogP contribution is 2.24.